The lowest BCUT2D eigenvalue weighted by Crippen LogP contribution is -2.17. The van der Waals surface area contributed by atoms with Crippen molar-refractivity contribution in [3.05, 3.63) is 27.7 Å². The van der Waals surface area contributed by atoms with E-state index in [-0.39, 0.29) is 18.4 Å². The molecule has 4 N–H and O–H groups in total. The largest absolute Gasteiger partial charge is 0.496 e. The van der Waals surface area contributed by atoms with Crippen molar-refractivity contribution >= 4 is 21.8 Å². The smallest absolute Gasteiger partial charge is 0.217 e. The molecule has 0 radical (unpaired) electrons. The second-order valence-corrected chi connectivity index (χ2v) is 4.81. The summed E-state index contributed by atoms with van der Waals surface area (Å²) in [5, 5.41) is 0. The van der Waals surface area contributed by atoms with Gasteiger partial charge in [-0.1, -0.05) is 15.9 Å². The van der Waals surface area contributed by atoms with Gasteiger partial charge in [0.1, 0.15) is 5.75 Å². The number of methoxy groups -OCH3 is 1. The standard InChI is InChI=1S/C12H17BrN2O2/c1-7-5-11(17-2)8(6-9(7)13)10(14)3-4-12(15)16/h5-6,10H,3-4,14H2,1-2H3,(H2,15,16). The number of hydrogen-bond donors (Lipinski definition) is 2. The maximum Gasteiger partial charge on any atom is 0.217 e. The molecule has 4 nitrogen and oxygen atoms in total. The van der Waals surface area contributed by atoms with Gasteiger partial charge in [-0.3, -0.25) is 4.79 Å². The highest BCUT2D eigenvalue weighted by molar-refractivity contribution is 9.10. The summed E-state index contributed by atoms with van der Waals surface area (Å²) in [6.45, 7) is 1.98. The first-order valence-corrected chi connectivity index (χ1v) is 6.13. The first-order valence-electron chi connectivity index (χ1n) is 5.33. The van der Waals surface area contributed by atoms with Crippen LogP contribution in [0.4, 0.5) is 0 Å². The van der Waals surface area contributed by atoms with E-state index in [1.165, 1.54) is 0 Å². The van der Waals surface area contributed by atoms with Crippen LogP contribution in [0.15, 0.2) is 16.6 Å². The minimum Gasteiger partial charge on any atom is -0.496 e. The Morgan fingerprint density at radius 3 is 2.71 bits per heavy atom. The lowest BCUT2D eigenvalue weighted by molar-refractivity contribution is -0.118. The van der Waals surface area contributed by atoms with Crippen LogP contribution in [-0.2, 0) is 4.79 Å². The van der Waals surface area contributed by atoms with Gasteiger partial charge >= 0.3 is 0 Å². The van der Waals surface area contributed by atoms with Crippen molar-refractivity contribution in [2.45, 2.75) is 25.8 Å². The highest BCUT2D eigenvalue weighted by Crippen LogP contribution is 2.31. The summed E-state index contributed by atoms with van der Waals surface area (Å²) < 4.78 is 6.27. The van der Waals surface area contributed by atoms with Crippen molar-refractivity contribution in [2.24, 2.45) is 11.5 Å². The summed E-state index contributed by atoms with van der Waals surface area (Å²) in [4.78, 5) is 10.7. The molecule has 94 valence electrons. The monoisotopic (exact) mass is 300 g/mol. The van der Waals surface area contributed by atoms with E-state index in [1.54, 1.807) is 7.11 Å². The first-order chi connectivity index (χ1) is 7.95. The van der Waals surface area contributed by atoms with Gasteiger partial charge in [0.15, 0.2) is 0 Å². The molecule has 5 heteroatoms. The summed E-state index contributed by atoms with van der Waals surface area (Å²) in [5.74, 6) is 0.397. The summed E-state index contributed by atoms with van der Waals surface area (Å²) >= 11 is 3.46. The van der Waals surface area contributed by atoms with Crippen molar-refractivity contribution in [3.63, 3.8) is 0 Å². The first kappa shape index (κ1) is 14.0. The molecule has 1 aromatic rings. The quantitative estimate of drug-likeness (QED) is 0.873. The highest BCUT2D eigenvalue weighted by atomic mass is 79.9. The van der Waals surface area contributed by atoms with Crippen molar-refractivity contribution in [2.75, 3.05) is 7.11 Å². The van der Waals surface area contributed by atoms with E-state index in [2.05, 4.69) is 15.9 Å². The number of hydrogen-bond acceptors (Lipinski definition) is 3. The Kier molecular flexibility index (Phi) is 4.96. The second kappa shape index (κ2) is 6.02. The Balaban J connectivity index is 2.95. The predicted molar refractivity (Wildman–Crippen MR) is 70.8 cm³/mol. The maximum absolute atomic E-state index is 10.7. The molecule has 0 fully saturated rings. The Morgan fingerprint density at radius 2 is 2.18 bits per heavy atom. The number of rotatable bonds is 5. The summed E-state index contributed by atoms with van der Waals surface area (Å²) in [6, 6.07) is 3.60. The van der Waals surface area contributed by atoms with Crippen molar-refractivity contribution in [3.8, 4) is 5.75 Å². The van der Waals surface area contributed by atoms with Crippen LogP contribution in [0.1, 0.15) is 30.0 Å². The average Bonchev–Trinajstić information content (AvgIpc) is 2.28. The lowest BCUT2D eigenvalue weighted by Gasteiger charge is -2.16. The molecule has 1 amide bonds. The molecule has 0 saturated carbocycles. The maximum atomic E-state index is 10.7. The van der Waals surface area contributed by atoms with Gasteiger partial charge in [0.05, 0.1) is 7.11 Å². The van der Waals surface area contributed by atoms with E-state index in [1.807, 2.05) is 19.1 Å². The number of carbonyl (C=O) groups is 1. The minimum atomic E-state index is -0.342. The lowest BCUT2D eigenvalue weighted by atomic mass is 10.0. The normalized spacial score (nSPS) is 12.2. The predicted octanol–water partition coefficient (Wildman–Crippen LogP) is 2.03. The molecule has 17 heavy (non-hydrogen) atoms. The van der Waals surface area contributed by atoms with Gasteiger partial charge < -0.3 is 16.2 Å². The number of halogens is 1. The fourth-order valence-corrected chi connectivity index (χ4v) is 1.95. The zero-order chi connectivity index (χ0) is 13.0. The summed E-state index contributed by atoms with van der Waals surface area (Å²) in [6.07, 6.45) is 0.789. The van der Waals surface area contributed by atoms with Crippen molar-refractivity contribution in [1.82, 2.24) is 0 Å². The molecule has 0 heterocycles. The molecule has 0 aromatic heterocycles. The molecular formula is C12H17BrN2O2. The molecule has 0 saturated heterocycles. The van der Waals surface area contributed by atoms with Gasteiger partial charge in [0, 0.05) is 22.5 Å². The van der Waals surface area contributed by atoms with Crippen LogP contribution in [0, 0.1) is 6.92 Å². The second-order valence-electron chi connectivity index (χ2n) is 3.95. The van der Waals surface area contributed by atoms with Crippen LogP contribution < -0.4 is 16.2 Å². The van der Waals surface area contributed by atoms with Crippen LogP contribution in [0.5, 0.6) is 5.75 Å². The molecule has 1 unspecified atom stereocenters. The molecular weight excluding hydrogens is 284 g/mol. The molecule has 0 bridgehead atoms. The number of amides is 1. The van der Waals surface area contributed by atoms with Crippen LogP contribution >= 0.6 is 15.9 Å². The third kappa shape index (κ3) is 3.71. The van der Waals surface area contributed by atoms with Crippen molar-refractivity contribution in [1.29, 1.82) is 0 Å². The van der Waals surface area contributed by atoms with E-state index in [0.29, 0.717) is 6.42 Å². The van der Waals surface area contributed by atoms with Crippen molar-refractivity contribution < 1.29 is 9.53 Å². The number of nitrogens with two attached hydrogens (primary N) is 2. The fourth-order valence-electron chi connectivity index (χ4n) is 1.59. The zero-order valence-electron chi connectivity index (χ0n) is 10.00. The van der Waals surface area contributed by atoms with Crippen LogP contribution in [0.3, 0.4) is 0 Å². The Bertz CT molecular complexity index is 421. The van der Waals surface area contributed by atoms with Crippen LogP contribution in [-0.4, -0.2) is 13.0 Å². The topological polar surface area (TPSA) is 78.3 Å². The number of aryl methyl sites for hydroxylation is 1. The zero-order valence-corrected chi connectivity index (χ0v) is 11.6. The van der Waals surface area contributed by atoms with Gasteiger partial charge in [-0.2, -0.15) is 0 Å². The molecule has 1 atom stereocenters. The minimum absolute atomic E-state index is 0.255. The Morgan fingerprint density at radius 1 is 1.53 bits per heavy atom. The Hall–Kier alpha value is -1.07. The van der Waals surface area contributed by atoms with Crippen LogP contribution in [0.2, 0.25) is 0 Å². The van der Waals surface area contributed by atoms with E-state index in [4.69, 9.17) is 16.2 Å². The summed E-state index contributed by atoms with van der Waals surface area (Å²) in [7, 11) is 1.60. The SMILES string of the molecule is COc1cc(C)c(Br)cc1C(N)CCC(N)=O. The fraction of sp³-hybridized carbons (Fsp3) is 0.417. The van der Waals surface area contributed by atoms with Crippen LogP contribution in [0.25, 0.3) is 0 Å². The third-order valence-corrected chi connectivity index (χ3v) is 3.47. The number of carbonyl (C=O) groups excluding carboxylic acids is 1. The number of primary amides is 1. The van der Waals surface area contributed by atoms with E-state index >= 15 is 0 Å². The molecule has 1 rings (SSSR count). The van der Waals surface area contributed by atoms with E-state index in [9.17, 15) is 4.79 Å². The van der Waals surface area contributed by atoms with E-state index in [0.717, 1.165) is 21.3 Å². The molecule has 0 spiro atoms. The average molecular weight is 301 g/mol. The Labute approximate surface area is 109 Å². The van der Waals surface area contributed by atoms with Gasteiger partial charge in [-0.05, 0) is 31.0 Å². The number of ether oxygens (including phenoxy) is 1. The van der Waals surface area contributed by atoms with Gasteiger partial charge in [0.2, 0.25) is 5.91 Å². The third-order valence-electron chi connectivity index (χ3n) is 2.61. The highest BCUT2D eigenvalue weighted by Gasteiger charge is 2.14. The molecule has 1 aromatic carbocycles. The van der Waals surface area contributed by atoms with E-state index < -0.39 is 0 Å². The van der Waals surface area contributed by atoms with Gasteiger partial charge in [-0.15, -0.1) is 0 Å². The molecule has 0 aliphatic carbocycles. The van der Waals surface area contributed by atoms with Gasteiger partial charge in [0.25, 0.3) is 0 Å². The molecule has 0 aliphatic rings. The number of benzene rings is 1. The molecule has 0 aliphatic heterocycles. The van der Waals surface area contributed by atoms with Gasteiger partial charge in [-0.25, -0.2) is 0 Å². The summed E-state index contributed by atoms with van der Waals surface area (Å²) in [5.41, 5.74) is 13.1.